The van der Waals surface area contributed by atoms with Crippen molar-refractivity contribution in [3.05, 3.63) is 63.6 Å². The highest BCUT2D eigenvalue weighted by atomic mass is 35.5. The predicted octanol–water partition coefficient (Wildman–Crippen LogP) is 3.23. The topological polar surface area (TPSA) is 86.8 Å². The first kappa shape index (κ1) is 25.0. The zero-order chi connectivity index (χ0) is 23.3. The average Bonchev–Trinajstić information content (AvgIpc) is 2.70. The number of carbonyl (C=O) groups is 2. The standard InChI is InChI=1S/C21H25Cl2N3O4S/c1-14-8-10-16(11-9-14)26(31(4,29)30)13-20(27)25(15(2)21(28)24-3)12-17-18(22)6-5-7-19(17)23/h5-11,15H,12-13H2,1-4H3,(H,24,28)/t15-/m0/s1. The molecule has 0 aliphatic carbocycles. The molecule has 1 N–H and O–H groups in total. The fourth-order valence-corrected chi connectivity index (χ4v) is 4.34. The molecule has 168 valence electrons. The Balaban J connectivity index is 2.43. The largest absolute Gasteiger partial charge is 0.357 e. The summed E-state index contributed by atoms with van der Waals surface area (Å²) in [7, 11) is -2.31. The van der Waals surface area contributed by atoms with Crippen molar-refractivity contribution >= 4 is 50.7 Å². The van der Waals surface area contributed by atoms with Crippen molar-refractivity contribution in [3.8, 4) is 0 Å². The van der Waals surface area contributed by atoms with Crippen LogP contribution in [0.15, 0.2) is 42.5 Å². The van der Waals surface area contributed by atoms with Gasteiger partial charge in [-0.05, 0) is 38.1 Å². The second-order valence-electron chi connectivity index (χ2n) is 7.12. The second kappa shape index (κ2) is 10.3. The number of anilines is 1. The third kappa shape index (κ3) is 6.35. The van der Waals surface area contributed by atoms with Crippen molar-refractivity contribution < 1.29 is 18.0 Å². The minimum absolute atomic E-state index is 0.0581. The molecular weight excluding hydrogens is 461 g/mol. The number of likely N-dealkylation sites (N-methyl/N-ethyl adjacent to an activating group) is 1. The highest BCUT2D eigenvalue weighted by Gasteiger charge is 2.30. The molecule has 7 nitrogen and oxygen atoms in total. The number of sulfonamides is 1. The molecule has 0 heterocycles. The lowest BCUT2D eigenvalue weighted by Gasteiger charge is -2.31. The van der Waals surface area contributed by atoms with Gasteiger partial charge in [0.25, 0.3) is 0 Å². The van der Waals surface area contributed by atoms with Crippen LogP contribution in [0.3, 0.4) is 0 Å². The zero-order valence-corrected chi connectivity index (χ0v) is 20.1. The Hall–Kier alpha value is -2.29. The van der Waals surface area contributed by atoms with E-state index in [9.17, 15) is 18.0 Å². The van der Waals surface area contributed by atoms with E-state index in [2.05, 4.69) is 5.32 Å². The third-order valence-electron chi connectivity index (χ3n) is 4.80. The predicted molar refractivity (Wildman–Crippen MR) is 124 cm³/mol. The van der Waals surface area contributed by atoms with Crippen LogP contribution in [0.25, 0.3) is 0 Å². The molecule has 10 heteroatoms. The molecule has 0 saturated carbocycles. The Morgan fingerprint density at radius 2 is 1.61 bits per heavy atom. The summed E-state index contributed by atoms with van der Waals surface area (Å²) in [6.45, 7) is 2.89. The molecular formula is C21H25Cl2N3O4S. The Labute approximate surface area is 193 Å². The van der Waals surface area contributed by atoms with Gasteiger partial charge < -0.3 is 10.2 Å². The zero-order valence-electron chi connectivity index (χ0n) is 17.7. The summed E-state index contributed by atoms with van der Waals surface area (Å²) in [5.74, 6) is -0.976. The number of nitrogens with zero attached hydrogens (tertiary/aromatic N) is 2. The molecule has 2 rings (SSSR count). The lowest BCUT2D eigenvalue weighted by atomic mass is 10.1. The first-order valence-electron chi connectivity index (χ1n) is 9.44. The highest BCUT2D eigenvalue weighted by Crippen LogP contribution is 2.27. The van der Waals surface area contributed by atoms with Crippen LogP contribution in [0.2, 0.25) is 10.0 Å². The number of carbonyl (C=O) groups excluding carboxylic acids is 2. The minimum Gasteiger partial charge on any atom is -0.357 e. The monoisotopic (exact) mass is 485 g/mol. The van der Waals surface area contributed by atoms with Crippen LogP contribution in [-0.4, -0.2) is 51.0 Å². The van der Waals surface area contributed by atoms with Gasteiger partial charge in [0.15, 0.2) is 0 Å². The molecule has 1 atom stereocenters. The first-order valence-corrected chi connectivity index (χ1v) is 12.0. The molecule has 0 radical (unpaired) electrons. The quantitative estimate of drug-likeness (QED) is 0.621. The van der Waals surface area contributed by atoms with Crippen LogP contribution < -0.4 is 9.62 Å². The molecule has 0 aliphatic heterocycles. The lowest BCUT2D eigenvalue weighted by Crippen LogP contribution is -2.50. The van der Waals surface area contributed by atoms with Crippen molar-refractivity contribution in [1.29, 1.82) is 0 Å². The molecule has 0 spiro atoms. The maximum Gasteiger partial charge on any atom is 0.244 e. The smallest absolute Gasteiger partial charge is 0.244 e. The Morgan fingerprint density at radius 3 is 2.10 bits per heavy atom. The Bertz CT molecular complexity index is 1040. The van der Waals surface area contributed by atoms with Crippen LogP contribution in [0, 0.1) is 6.92 Å². The summed E-state index contributed by atoms with van der Waals surface area (Å²) in [5.41, 5.74) is 1.77. The van der Waals surface area contributed by atoms with E-state index in [-0.39, 0.29) is 6.54 Å². The van der Waals surface area contributed by atoms with Gasteiger partial charge in [0.1, 0.15) is 12.6 Å². The third-order valence-corrected chi connectivity index (χ3v) is 6.65. The maximum absolute atomic E-state index is 13.3. The van der Waals surface area contributed by atoms with Crippen molar-refractivity contribution in [2.75, 3.05) is 24.2 Å². The molecule has 0 bridgehead atoms. The summed E-state index contributed by atoms with van der Waals surface area (Å²) in [6, 6.07) is 10.8. The number of amides is 2. The molecule has 2 amide bonds. The van der Waals surface area contributed by atoms with Gasteiger partial charge in [-0.3, -0.25) is 13.9 Å². The fraction of sp³-hybridized carbons (Fsp3) is 0.333. The molecule has 2 aromatic rings. The Morgan fingerprint density at radius 1 is 1.06 bits per heavy atom. The second-order valence-corrected chi connectivity index (χ2v) is 9.84. The van der Waals surface area contributed by atoms with E-state index in [0.29, 0.717) is 21.3 Å². The van der Waals surface area contributed by atoms with Gasteiger partial charge in [-0.1, -0.05) is 47.0 Å². The lowest BCUT2D eigenvalue weighted by molar-refractivity contribution is -0.139. The summed E-state index contributed by atoms with van der Waals surface area (Å²) in [5, 5.41) is 3.19. The summed E-state index contributed by atoms with van der Waals surface area (Å²) in [4.78, 5) is 26.9. The average molecular weight is 486 g/mol. The molecule has 0 unspecified atom stereocenters. The van der Waals surface area contributed by atoms with Gasteiger partial charge in [-0.2, -0.15) is 0 Å². The van der Waals surface area contributed by atoms with E-state index in [1.165, 1.54) is 11.9 Å². The first-order chi connectivity index (χ1) is 14.5. The SMILES string of the molecule is CNC(=O)[C@H](C)N(Cc1c(Cl)cccc1Cl)C(=O)CN(c1ccc(C)cc1)S(C)(=O)=O. The van der Waals surface area contributed by atoms with Crippen LogP contribution in [-0.2, 0) is 26.2 Å². The number of halogens is 2. The number of hydrogen-bond donors (Lipinski definition) is 1. The van der Waals surface area contributed by atoms with E-state index < -0.39 is 34.4 Å². The molecule has 0 aliphatic rings. The number of benzene rings is 2. The van der Waals surface area contributed by atoms with Gasteiger partial charge in [-0.25, -0.2) is 8.42 Å². The van der Waals surface area contributed by atoms with Crippen molar-refractivity contribution in [2.24, 2.45) is 0 Å². The number of hydrogen-bond acceptors (Lipinski definition) is 4. The van der Waals surface area contributed by atoms with Crippen LogP contribution in [0.5, 0.6) is 0 Å². The minimum atomic E-state index is -3.77. The number of rotatable bonds is 8. The van der Waals surface area contributed by atoms with Crippen molar-refractivity contribution in [2.45, 2.75) is 26.4 Å². The molecule has 0 fully saturated rings. The van der Waals surface area contributed by atoms with Gasteiger partial charge in [0, 0.05) is 29.2 Å². The van der Waals surface area contributed by atoms with Gasteiger partial charge in [-0.15, -0.1) is 0 Å². The molecule has 31 heavy (non-hydrogen) atoms. The van der Waals surface area contributed by atoms with Crippen LogP contribution in [0.4, 0.5) is 5.69 Å². The maximum atomic E-state index is 13.3. The summed E-state index contributed by atoms with van der Waals surface area (Å²) >= 11 is 12.5. The normalized spacial score (nSPS) is 12.2. The van der Waals surface area contributed by atoms with E-state index in [1.54, 1.807) is 49.4 Å². The summed E-state index contributed by atoms with van der Waals surface area (Å²) < 4.78 is 25.9. The fourth-order valence-electron chi connectivity index (χ4n) is 2.97. The van der Waals surface area contributed by atoms with E-state index >= 15 is 0 Å². The van der Waals surface area contributed by atoms with Gasteiger partial charge in [0.05, 0.1) is 11.9 Å². The van der Waals surface area contributed by atoms with Crippen molar-refractivity contribution in [1.82, 2.24) is 10.2 Å². The molecule has 0 saturated heterocycles. The van der Waals surface area contributed by atoms with Gasteiger partial charge >= 0.3 is 0 Å². The summed E-state index contributed by atoms with van der Waals surface area (Å²) in [6.07, 6.45) is 1.03. The highest BCUT2D eigenvalue weighted by molar-refractivity contribution is 7.92. The molecule has 0 aromatic heterocycles. The van der Waals surface area contributed by atoms with E-state index in [0.717, 1.165) is 16.1 Å². The van der Waals surface area contributed by atoms with Crippen LogP contribution in [0.1, 0.15) is 18.1 Å². The van der Waals surface area contributed by atoms with Crippen molar-refractivity contribution in [3.63, 3.8) is 0 Å². The van der Waals surface area contributed by atoms with Crippen LogP contribution >= 0.6 is 23.2 Å². The number of nitrogens with one attached hydrogen (secondary N) is 1. The number of aryl methyl sites for hydroxylation is 1. The van der Waals surface area contributed by atoms with Gasteiger partial charge in [0.2, 0.25) is 21.8 Å². The molecule has 2 aromatic carbocycles. The van der Waals surface area contributed by atoms with E-state index in [1.807, 2.05) is 6.92 Å². The Kier molecular flexibility index (Phi) is 8.34. The van der Waals surface area contributed by atoms with E-state index in [4.69, 9.17) is 23.2 Å².